The summed E-state index contributed by atoms with van der Waals surface area (Å²) in [6.07, 6.45) is -2.89. The molecule has 0 radical (unpaired) electrons. The van der Waals surface area contributed by atoms with E-state index in [-0.39, 0.29) is 35.5 Å². The Morgan fingerprint density at radius 2 is 2.00 bits per heavy atom. The molecule has 0 bridgehead atoms. The van der Waals surface area contributed by atoms with E-state index in [1.54, 1.807) is 6.07 Å². The number of carbonyl (C=O) groups is 2. The number of hydrogen-bond acceptors (Lipinski definition) is 4. The third-order valence-corrected chi connectivity index (χ3v) is 6.33. The minimum Gasteiger partial charge on any atom is -0.367 e. The first-order valence-electron chi connectivity index (χ1n) is 10.3. The van der Waals surface area contributed by atoms with Gasteiger partial charge in [0, 0.05) is 37.8 Å². The Balaban J connectivity index is 1.47. The third-order valence-electron chi connectivity index (χ3n) is 6.04. The van der Waals surface area contributed by atoms with Crippen LogP contribution >= 0.6 is 11.6 Å². The Morgan fingerprint density at radius 1 is 1.24 bits per heavy atom. The molecule has 33 heavy (non-hydrogen) atoms. The van der Waals surface area contributed by atoms with Crippen LogP contribution in [-0.2, 0) is 22.4 Å². The summed E-state index contributed by atoms with van der Waals surface area (Å²) in [5.41, 5.74) is 1.14. The molecule has 2 aromatic rings. The number of nitrogens with one attached hydrogen (secondary N) is 2. The van der Waals surface area contributed by atoms with Gasteiger partial charge < -0.3 is 15.5 Å². The van der Waals surface area contributed by atoms with Crippen LogP contribution in [0.15, 0.2) is 30.5 Å². The molecule has 6 nitrogen and oxygen atoms in total. The Hall–Kier alpha value is -2.88. The van der Waals surface area contributed by atoms with Crippen molar-refractivity contribution >= 4 is 29.2 Å². The van der Waals surface area contributed by atoms with Gasteiger partial charge >= 0.3 is 6.18 Å². The van der Waals surface area contributed by atoms with Crippen molar-refractivity contribution in [1.82, 2.24) is 15.2 Å². The number of amides is 2. The summed E-state index contributed by atoms with van der Waals surface area (Å²) in [7, 11) is 1.07. The van der Waals surface area contributed by atoms with E-state index in [0.717, 1.165) is 18.8 Å². The average Bonchev–Trinajstić information content (AvgIpc) is 3.37. The number of halogens is 5. The van der Waals surface area contributed by atoms with E-state index in [4.69, 9.17) is 11.6 Å². The van der Waals surface area contributed by atoms with Gasteiger partial charge in [-0.1, -0.05) is 23.7 Å². The molecule has 1 aliphatic heterocycles. The van der Waals surface area contributed by atoms with Crippen LogP contribution in [0.1, 0.15) is 29.2 Å². The van der Waals surface area contributed by atoms with Crippen molar-refractivity contribution in [3.05, 3.63) is 58.0 Å². The number of fused-ring (bicyclic) bond motifs is 1. The molecule has 0 saturated carbocycles. The summed E-state index contributed by atoms with van der Waals surface area (Å²) in [5, 5.41) is 5.62. The Kier molecular flexibility index (Phi) is 6.22. The SMILES string of the molecule is CN(C(=O)[C@@H]1CNC(=O)C1)[C@@H](c1ccc(NC2Cc3ccc(Cl)c(F)c3C2)nc1)C(F)(F)F. The number of hydrogen-bond donors (Lipinski definition) is 2. The predicted molar refractivity (Wildman–Crippen MR) is 113 cm³/mol. The summed E-state index contributed by atoms with van der Waals surface area (Å²) in [4.78, 5) is 28.6. The van der Waals surface area contributed by atoms with Gasteiger partial charge in [0.1, 0.15) is 11.6 Å². The maximum atomic E-state index is 14.2. The Labute approximate surface area is 192 Å². The van der Waals surface area contributed by atoms with Gasteiger partial charge in [-0.15, -0.1) is 0 Å². The van der Waals surface area contributed by atoms with Crippen LogP contribution in [0.5, 0.6) is 0 Å². The first kappa shape index (κ1) is 23.3. The second kappa shape index (κ2) is 8.81. The number of aromatic nitrogens is 1. The quantitative estimate of drug-likeness (QED) is 0.635. The van der Waals surface area contributed by atoms with E-state index in [0.29, 0.717) is 29.1 Å². The normalized spacial score (nSPS) is 20.8. The van der Waals surface area contributed by atoms with Crippen LogP contribution < -0.4 is 10.6 Å². The molecule has 11 heteroatoms. The average molecular weight is 485 g/mol. The smallest absolute Gasteiger partial charge is 0.367 e. The molecule has 1 aliphatic carbocycles. The van der Waals surface area contributed by atoms with E-state index in [1.165, 1.54) is 18.2 Å². The standard InChI is InChI=1S/C22H21ClF4N4O2/c1-31(21(33)13-7-18(32)29-10-13)20(22(25,26)27)12-3-5-17(28-9-12)30-14-6-11-2-4-16(23)19(24)15(11)8-14/h2-5,9,13-14,20H,6-8,10H2,1H3,(H,28,30)(H,29,32)/t13-,14?,20-/m0/s1. The first-order chi connectivity index (χ1) is 15.5. The monoisotopic (exact) mass is 484 g/mol. The molecule has 2 N–H and O–H groups in total. The second-order valence-corrected chi connectivity index (χ2v) is 8.73. The summed E-state index contributed by atoms with van der Waals surface area (Å²) in [6.45, 7) is 0.0171. The molecule has 1 unspecified atom stereocenters. The zero-order valence-electron chi connectivity index (χ0n) is 17.5. The van der Waals surface area contributed by atoms with Gasteiger partial charge in [0.15, 0.2) is 6.04 Å². The van der Waals surface area contributed by atoms with Crippen molar-refractivity contribution in [2.24, 2.45) is 5.92 Å². The number of anilines is 1. The highest BCUT2D eigenvalue weighted by Gasteiger charge is 2.47. The lowest BCUT2D eigenvalue weighted by atomic mass is 10.0. The van der Waals surface area contributed by atoms with Gasteiger partial charge in [-0.2, -0.15) is 13.2 Å². The van der Waals surface area contributed by atoms with Crippen molar-refractivity contribution in [2.45, 2.75) is 37.5 Å². The van der Waals surface area contributed by atoms with Gasteiger partial charge in [0.05, 0.1) is 10.9 Å². The van der Waals surface area contributed by atoms with E-state index in [9.17, 15) is 27.2 Å². The molecule has 176 valence electrons. The lowest BCUT2D eigenvalue weighted by molar-refractivity contribution is -0.190. The number of alkyl halides is 3. The molecule has 1 fully saturated rings. The molecule has 4 rings (SSSR count). The zero-order chi connectivity index (χ0) is 23.9. The van der Waals surface area contributed by atoms with Crippen LogP contribution in [0.4, 0.5) is 23.4 Å². The highest BCUT2D eigenvalue weighted by Crippen LogP contribution is 2.38. The number of rotatable bonds is 5. The van der Waals surface area contributed by atoms with Gasteiger partial charge in [0.25, 0.3) is 0 Å². The van der Waals surface area contributed by atoms with Gasteiger partial charge in [-0.3, -0.25) is 9.59 Å². The number of nitrogens with zero attached hydrogens (tertiary/aromatic N) is 2. The third kappa shape index (κ3) is 4.75. The van der Waals surface area contributed by atoms with E-state index < -0.39 is 29.9 Å². The fourth-order valence-corrected chi connectivity index (χ4v) is 4.60. The van der Waals surface area contributed by atoms with Crippen LogP contribution in [0.2, 0.25) is 5.02 Å². The molecule has 1 saturated heterocycles. The lowest BCUT2D eigenvalue weighted by Crippen LogP contribution is -2.43. The predicted octanol–water partition coefficient (Wildman–Crippen LogP) is 3.65. The molecular formula is C22H21ClF4N4O2. The first-order valence-corrected chi connectivity index (χ1v) is 10.7. The zero-order valence-corrected chi connectivity index (χ0v) is 18.3. The van der Waals surface area contributed by atoms with E-state index in [2.05, 4.69) is 15.6 Å². The second-order valence-electron chi connectivity index (χ2n) is 8.32. The fraction of sp³-hybridized carbons (Fsp3) is 0.409. The van der Waals surface area contributed by atoms with Crippen molar-refractivity contribution in [1.29, 1.82) is 0 Å². The molecule has 0 spiro atoms. The Bertz CT molecular complexity index is 1080. The summed E-state index contributed by atoms with van der Waals surface area (Å²) in [5.74, 6) is -2.08. The lowest BCUT2D eigenvalue weighted by Gasteiger charge is -2.31. The number of benzene rings is 1. The highest BCUT2D eigenvalue weighted by molar-refractivity contribution is 6.30. The molecule has 2 heterocycles. The summed E-state index contributed by atoms with van der Waals surface area (Å²) < 4.78 is 55.8. The summed E-state index contributed by atoms with van der Waals surface area (Å²) in [6, 6.07) is 3.54. The fourth-order valence-electron chi connectivity index (χ4n) is 4.42. The van der Waals surface area contributed by atoms with Gasteiger partial charge in [0.2, 0.25) is 11.8 Å². The van der Waals surface area contributed by atoms with Gasteiger partial charge in [-0.05, 0) is 36.1 Å². The van der Waals surface area contributed by atoms with Crippen LogP contribution in [0, 0.1) is 11.7 Å². The molecule has 2 amide bonds. The van der Waals surface area contributed by atoms with Crippen LogP contribution in [0.3, 0.4) is 0 Å². The molecule has 3 atom stereocenters. The summed E-state index contributed by atoms with van der Waals surface area (Å²) >= 11 is 5.83. The molecular weight excluding hydrogens is 464 g/mol. The van der Waals surface area contributed by atoms with Crippen LogP contribution in [0.25, 0.3) is 0 Å². The van der Waals surface area contributed by atoms with Gasteiger partial charge in [-0.25, -0.2) is 9.37 Å². The Morgan fingerprint density at radius 3 is 2.61 bits per heavy atom. The maximum Gasteiger partial charge on any atom is 0.413 e. The maximum absolute atomic E-state index is 14.2. The minimum atomic E-state index is -4.74. The topological polar surface area (TPSA) is 74.3 Å². The largest absolute Gasteiger partial charge is 0.413 e. The van der Waals surface area contributed by atoms with E-state index in [1.807, 2.05) is 0 Å². The van der Waals surface area contributed by atoms with Crippen LogP contribution in [-0.4, -0.2) is 47.5 Å². The number of pyridine rings is 1. The van der Waals surface area contributed by atoms with Crippen molar-refractivity contribution < 1.29 is 27.2 Å². The van der Waals surface area contributed by atoms with Crippen molar-refractivity contribution in [2.75, 3.05) is 18.9 Å². The van der Waals surface area contributed by atoms with Crippen molar-refractivity contribution in [3.8, 4) is 0 Å². The highest BCUT2D eigenvalue weighted by atomic mass is 35.5. The number of carbonyl (C=O) groups excluding carboxylic acids is 2. The molecule has 2 aliphatic rings. The van der Waals surface area contributed by atoms with E-state index >= 15 is 0 Å². The molecule has 1 aromatic carbocycles. The minimum absolute atomic E-state index is 0.0171. The van der Waals surface area contributed by atoms with Crippen molar-refractivity contribution in [3.63, 3.8) is 0 Å². The molecule has 1 aromatic heterocycles.